The van der Waals surface area contributed by atoms with Crippen molar-refractivity contribution in [2.75, 3.05) is 23.7 Å². The second-order valence-electron chi connectivity index (χ2n) is 11.4. The predicted molar refractivity (Wildman–Crippen MR) is 159 cm³/mol. The van der Waals surface area contributed by atoms with Crippen LogP contribution in [-0.4, -0.2) is 48.5 Å². The van der Waals surface area contributed by atoms with E-state index in [0.717, 1.165) is 54.2 Å². The van der Waals surface area contributed by atoms with Crippen LogP contribution in [0.25, 0.3) is 0 Å². The summed E-state index contributed by atoms with van der Waals surface area (Å²) >= 11 is 1.50. The summed E-state index contributed by atoms with van der Waals surface area (Å²) in [5.41, 5.74) is 12.9. The zero-order chi connectivity index (χ0) is 28.4. The molecule has 1 aromatic carbocycles. The largest absolute Gasteiger partial charge is 0.490 e. The second-order valence-corrected chi connectivity index (χ2v) is 14.7. The Bertz CT molecular complexity index is 1600. The van der Waals surface area contributed by atoms with Gasteiger partial charge in [0.15, 0.2) is 0 Å². The monoisotopic (exact) mass is 583 g/mol. The first-order valence-electron chi connectivity index (χ1n) is 13.8. The van der Waals surface area contributed by atoms with Crippen molar-refractivity contribution in [1.82, 2.24) is 15.1 Å². The first-order valence-corrected chi connectivity index (χ1v) is 16.2. The maximum absolute atomic E-state index is 13.1. The van der Waals surface area contributed by atoms with Crippen LogP contribution in [0.15, 0.2) is 33.7 Å². The van der Waals surface area contributed by atoms with Crippen molar-refractivity contribution in [3.05, 3.63) is 50.8 Å². The van der Waals surface area contributed by atoms with Crippen LogP contribution in [0.3, 0.4) is 0 Å². The van der Waals surface area contributed by atoms with E-state index in [1.807, 2.05) is 11.4 Å². The number of thiophene rings is 1. The van der Waals surface area contributed by atoms with Crippen LogP contribution in [0.5, 0.6) is 5.75 Å². The first-order chi connectivity index (χ1) is 19.0. The summed E-state index contributed by atoms with van der Waals surface area (Å²) < 4.78 is 34.1. The number of sulfone groups is 1. The van der Waals surface area contributed by atoms with Gasteiger partial charge in [-0.25, -0.2) is 13.4 Å². The van der Waals surface area contributed by atoms with E-state index < -0.39 is 20.9 Å². The molecule has 0 aliphatic carbocycles. The van der Waals surface area contributed by atoms with Crippen LogP contribution in [-0.2, 0) is 29.1 Å². The molecule has 1 fully saturated rings. The lowest BCUT2D eigenvalue weighted by Crippen LogP contribution is -2.47. The summed E-state index contributed by atoms with van der Waals surface area (Å²) in [6, 6.07) is 4.09. The first kappa shape index (κ1) is 27.3. The molecule has 10 nitrogen and oxygen atoms in total. The molecular formula is C28H37N7O3S2. The maximum Gasteiger partial charge on any atom is 0.215 e. The van der Waals surface area contributed by atoms with E-state index in [9.17, 15) is 8.42 Å². The van der Waals surface area contributed by atoms with E-state index in [1.54, 1.807) is 27.1 Å². The lowest BCUT2D eigenvalue weighted by atomic mass is 9.81. The van der Waals surface area contributed by atoms with Crippen LogP contribution >= 0.6 is 11.3 Å². The van der Waals surface area contributed by atoms with Crippen LogP contribution in [0.4, 0.5) is 11.4 Å². The van der Waals surface area contributed by atoms with E-state index in [1.165, 1.54) is 32.7 Å². The highest BCUT2D eigenvalue weighted by atomic mass is 32.2. The number of piperidine rings is 1. The van der Waals surface area contributed by atoms with E-state index in [-0.39, 0.29) is 11.1 Å². The predicted octanol–water partition coefficient (Wildman–Crippen LogP) is 3.82. The molecule has 0 amide bonds. The summed E-state index contributed by atoms with van der Waals surface area (Å²) in [5, 5.41) is 15.8. The summed E-state index contributed by atoms with van der Waals surface area (Å²) in [6.45, 7) is 9.58. The molecule has 0 saturated carbocycles. The fourth-order valence-corrected chi connectivity index (χ4v) is 7.98. The molecule has 6 rings (SSSR count). The number of hydrogen-bond acceptors (Lipinski definition) is 10. The maximum atomic E-state index is 13.1. The highest BCUT2D eigenvalue weighted by Gasteiger charge is 2.41. The van der Waals surface area contributed by atoms with E-state index in [2.05, 4.69) is 41.0 Å². The third-order valence-corrected chi connectivity index (χ3v) is 11.0. The Morgan fingerprint density at radius 1 is 1.30 bits per heavy atom. The Morgan fingerprint density at radius 2 is 2.05 bits per heavy atom. The fourth-order valence-electron chi connectivity index (χ4n) is 6.09. The normalized spacial score (nSPS) is 22.9. The Kier molecular flexibility index (Phi) is 6.72. The van der Waals surface area contributed by atoms with Gasteiger partial charge in [0.1, 0.15) is 17.7 Å². The Labute approximate surface area is 239 Å². The lowest BCUT2D eigenvalue weighted by molar-refractivity contribution is 0.249. The van der Waals surface area contributed by atoms with E-state index >= 15 is 0 Å². The minimum absolute atomic E-state index is 0.00724. The minimum atomic E-state index is -3.64. The van der Waals surface area contributed by atoms with Gasteiger partial charge in [-0.3, -0.25) is 10.4 Å². The summed E-state index contributed by atoms with van der Waals surface area (Å²) in [4.78, 5) is 5.86. The number of nitrogens with one attached hydrogen (secondary N) is 3. The zero-order valence-corrected chi connectivity index (χ0v) is 25.2. The van der Waals surface area contributed by atoms with E-state index in [4.69, 9.17) is 15.5 Å². The van der Waals surface area contributed by atoms with Crippen molar-refractivity contribution >= 4 is 38.4 Å². The molecule has 0 radical (unpaired) electrons. The molecule has 0 bridgehead atoms. The molecule has 2 unspecified atom stereocenters. The van der Waals surface area contributed by atoms with Crippen molar-refractivity contribution < 1.29 is 13.2 Å². The third kappa shape index (κ3) is 4.50. The zero-order valence-electron chi connectivity index (χ0n) is 23.5. The average Bonchev–Trinajstić information content (AvgIpc) is 3.62. The lowest BCUT2D eigenvalue weighted by Gasteiger charge is -2.35. The molecule has 40 heavy (non-hydrogen) atoms. The SMILES string of the molecule is Cc1cc(C2(N)N=C(Nc3cn(C)nc3S(=O)(=O)C(C)C)c3sccc3N2)c2c(c1C1CCNCC1)CC(C)O2. The van der Waals surface area contributed by atoms with Crippen molar-refractivity contribution in [2.45, 2.75) is 75.0 Å². The molecule has 214 valence electrons. The molecule has 1 saturated heterocycles. The van der Waals surface area contributed by atoms with Gasteiger partial charge < -0.3 is 20.7 Å². The molecule has 3 aromatic rings. The highest BCUT2D eigenvalue weighted by molar-refractivity contribution is 7.92. The van der Waals surface area contributed by atoms with Crippen molar-refractivity contribution in [3.63, 3.8) is 0 Å². The fraction of sp³-hybridized carbons (Fsp3) is 0.500. The highest BCUT2D eigenvalue weighted by Crippen LogP contribution is 2.47. The van der Waals surface area contributed by atoms with Gasteiger partial charge in [-0.05, 0) is 88.2 Å². The van der Waals surface area contributed by atoms with Gasteiger partial charge in [0.2, 0.25) is 20.7 Å². The number of aliphatic imine (C=N–C) groups is 1. The molecule has 2 atom stereocenters. The third-order valence-electron chi connectivity index (χ3n) is 8.03. The van der Waals surface area contributed by atoms with Crippen molar-refractivity contribution in [3.8, 4) is 5.75 Å². The van der Waals surface area contributed by atoms with Crippen LogP contribution in [0.2, 0.25) is 0 Å². The molecule has 3 aliphatic heterocycles. The average molecular weight is 584 g/mol. The quantitative estimate of drug-likeness (QED) is 0.356. The number of rotatable bonds is 5. The summed E-state index contributed by atoms with van der Waals surface area (Å²) in [7, 11) is -1.93. The number of benzene rings is 1. The molecule has 12 heteroatoms. The molecule has 3 aliphatic rings. The van der Waals surface area contributed by atoms with Gasteiger partial charge in [-0.2, -0.15) is 5.10 Å². The Balaban J connectivity index is 1.46. The second kappa shape index (κ2) is 9.86. The topological polar surface area (TPSA) is 136 Å². The number of aryl methyl sites for hydroxylation is 2. The van der Waals surface area contributed by atoms with Gasteiger partial charge in [0.05, 0.1) is 27.1 Å². The molecule has 5 N–H and O–H groups in total. The Morgan fingerprint density at radius 3 is 2.77 bits per heavy atom. The van der Waals surface area contributed by atoms with Crippen LogP contribution in [0.1, 0.15) is 66.7 Å². The number of anilines is 2. The summed E-state index contributed by atoms with van der Waals surface area (Å²) in [6.07, 6.45) is 4.74. The number of fused-ring (bicyclic) bond motifs is 2. The molecular weight excluding hydrogens is 546 g/mol. The van der Waals surface area contributed by atoms with Crippen molar-refractivity contribution in [2.24, 2.45) is 17.8 Å². The van der Waals surface area contributed by atoms with Crippen molar-refractivity contribution in [1.29, 1.82) is 0 Å². The number of hydrogen-bond donors (Lipinski definition) is 4. The van der Waals surface area contributed by atoms with E-state index in [0.29, 0.717) is 17.4 Å². The number of ether oxygens (including phenoxy) is 1. The molecule has 0 spiro atoms. The molecule has 2 aromatic heterocycles. The standard InChI is InChI=1S/C28H37N7O3S2/c1-15(2)40(36,37)27-22(14-35(5)34-27)31-26-25-21(8-11-39-25)32-28(29,33-26)20-12-16(3)23(18-6-9-30-10-7-18)19-13-17(4)38-24(19)20/h8,11-12,14-15,17-18,30,32H,6-7,9-10,13,29H2,1-5H3,(H,31,33). The number of nitrogens with two attached hydrogens (primary N) is 1. The van der Waals surface area contributed by atoms with Crippen LogP contribution < -0.4 is 26.4 Å². The van der Waals surface area contributed by atoms with Gasteiger partial charge in [0, 0.05) is 25.2 Å². The smallest absolute Gasteiger partial charge is 0.215 e. The number of amidine groups is 1. The Hall–Kier alpha value is -2.93. The summed E-state index contributed by atoms with van der Waals surface area (Å²) in [5.74, 6) is 0.454. The van der Waals surface area contributed by atoms with Gasteiger partial charge >= 0.3 is 0 Å². The minimum Gasteiger partial charge on any atom is -0.490 e. The van der Waals surface area contributed by atoms with Gasteiger partial charge in [0.25, 0.3) is 0 Å². The van der Waals surface area contributed by atoms with Crippen LogP contribution in [0, 0.1) is 6.92 Å². The van der Waals surface area contributed by atoms with Gasteiger partial charge in [-0.15, -0.1) is 11.3 Å². The molecule has 5 heterocycles. The number of aromatic nitrogens is 2. The van der Waals surface area contributed by atoms with Gasteiger partial charge in [-0.1, -0.05) is 0 Å². The number of nitrogens with zero attached hydrogens (tertiary/aromatic N) is 3.